The number of ether oxygens (including phenoxy) is 1. The second-order valence-corrected chi connectivity index (χ2v) is 9.03. The van der Waals surface area contributed by atoms with Crippen molar-refractivity contribution in [1.82, 2.24) is 19.7 Å². The van der Waals surface area contributed by atoms with Crippen molar-refractivity contribution in [3.05, 3.63) is 35.7 Å². The van der Waals surface area contributed by atoms with Gasteiger partial charge in [-0.15, -0.1) is 10.2 Å². The van der Waals surface area contributed by atoms with Gasteiger partial charge in [-0.05, 0) is 56.7 Å². The van der Waals surface area contributed by atoms with E-state index >= 15 is 0 Å². The summed E-state index contributed by atoms with van der Waals surface area (Å²) in [5.74, 6) is 2.03. The second kappa shape index (κ2) is 10.7. The summed E-state index contributed by atoms with van der Waals surface area (Å²) in [6.45, 7) is 5.85. The third-order valence-electron chi connectivity index (χ3n) is 6.60. The Morgan fingerprint density at radius 3 is 2.55 bits per heavy atom. The highest BCUT2D eigenvalue weighted by Crippen LogP contribution is 2.24. The first-order chi connectivity index (χ1) is 16.0. The molecule has 9 heteroatoms. The summed E-state index contributed by atoms with van der Waals surface area (Å²) in [5.41, 5.74) is 6.62. The predicted molar refractivity (Wildman–Crippen MR) is 125 cm³/mol. The van der Waals surface area contributed by atoms with Crippen LogP contribution in [0.4, 0.5) is 5.95 Å². The summed E-state index contributed by atoms with van der Waals surface area (Å²) in [4.78, 5) is 28.5. The Kier molecular flexibility index (Phi) is 7.47. The van der Waals surface area contributed by atoms with Crippen LogP contribution in [0.25, 0.3) is 0 Å². The number of carbonyl (C=O) groups excluding carboxylic acids is 2. The minimum atomic E-state index is -0.240. The summed E-state index contributed by atoms with van der Waals surface area (Å²) in [6, 6.07) is 7.88. The van der Waals surface area contributed by atoms with Gasteiger partial charge in [0.15, 0.2) is 5.82 Å². The Morgan fingerprint density at radius 1 is 1.09 bits per heavy atom. The fourth-order valence-corrected chi connectivity index (χ4v) is 4.62. The minimum Gasteiger partial charge on any atom is -0.486 e. The van der Waals surface area contributed by atoms with Crippen molar-refractivity contribution in [3.63, 3.8) is 0 Å². The van der Waals surface area contributed by atoms with E-state index in [2.05, 4.69) is 15.1 Å². The molecule has 4 rings (SSSR count). The molecule has 2 aliphatic heterocycles. The Bertz CT molecular complexity index is 961. The monoisotopic (exact) mass is 454 g/mol. The van der Waals surface area contributed by atoms with Crippen molar-refractivity contribution in [2.75, 3.05) is 31.1 Å². The van der Waals surface area contributed by atoms with E-state index < -0.39 is 0 Å². The van der Waals surface area contributed by atoms with Crippen LogP contribution in [0.2, 0.25) is 0 Å². The van der Waals surface area contributed by atoms with Gasteiger partial charge < -0.3 is 20.3 Å². The number of rotatable bonds is 8. The van der Waals surface area contributed by atoms with Crippen molar-refractivity contribution < 1.29 is 14.3 Å². The Balaban J connectivity index is 1.47. The van der Waals surface area contributed by atoms with Crippen molar-refractivity contribution in [3.8, 4) is 5.75 Å². The molecule has 178 valence electrons. The van der Waals surface area contributed by atoms with Crippen LogP contribution in [0, 0.1) is 12.8 Å². The zero-order valence-corrected chi connectivity index (χ0v) is 19.4. The summed E-state index contributed by atoms with van der Waals surface area (Å²) in [6.07, 6.45) is 5.15. The lowest BCUT2D eigenvalue weighted by atomic mass is 9.96. The van der Waals surface area contributed by atoms with E-state index in [1.54, 1.807) is 0 Å². The molecule has 2 amide bonds. The largest absolute Gasteiger partial charge is 0.486 e. The fraction of sp³-hybridized carbons (Fsp3) is 0.583. The average molecular weight is 455 g/mol. The smallest absolute Gasteiger partial charge is 0.227 e. The zero-order chi connectivity index (χ0) is 23.2. The highest BCUT2D eigenvalue weighted by atomic mass is 16.5. The van der Waals surface area contributed by atoms with Crippen LogP contribution in [0.3, 0.4) is 0 Å². The number of nitrogens with zero attached hydrogens (tertiary/aromatic N) is 5. The number of carbonyl (C=O) groups is 2. The number of piperidine rings is 2. The van der Waals surface area contributed by atoms with Crippen LogP contribution >= 0.6 is 0 Å². The van der Waals surface area contributed by atoms with E-state index in [0.29, 0.717) is 44.7 Å². The predicted octanol–water partition coefficient (Wildman–Crippen LogP) is 2.27. The average Bonchev–Trinajstić information content (AvgIpc) is 3.24. The molecule has 9 nitrogen and oxygen atoms in total. The molecule has 2 saturated heterocycles. The number of benzene rings is 1. The van der Waals surface area contributed by atoms with Crippen molar-refractivity contribution in [2.24, 2.45) is 11.7 Å². The molecule has 3 heterocycles. The molecule has 2 aliphatic rings. The van der Waals surface area contributed by atoms with Gasteiger partial charge in [-0.3, -0.25) is 14.2 Å². The number of likely N-dealkylation sites (tertiary alicyclic amines) is 1. The Hall–Kier alpha value is -3.10. The molecule has 2 N–H and O–H groups in total. The van der Waals surface area contributed by atoms with Crippen LogP contribution in [0.1, 0.15) is 49.9 Å². The summed E-state index contributed by atoms with van der Waals surface area (Å²) in [7, 11) is 0. The van der Waals surface area contributed by atoms with Gasteiger partial charge in [0.2, 0.25) is 17.8 Å². The van der Waals surface area contributed by atoms with Crippen LogP contribution in [0.15, 0.2) is 24.3 Å². The van der Waals surface area contributed by atoms with E-state index in [1.165, 1.54) is 6.42 Å². The topological polar surface area (TPSA) is 107 Å². The number of hydrogen-bond donors (Lipinski definition) is 1. The maximum absolute atomic E-state index is 12.8. The first kappa shape index (κ1) is 23.1. The quantitative estimate of drug-likeness (QED) is 0.656. The van der Waals surface area contributed by atoms with Gasteiger partial charge in [-0.2, -0.15) is 0 Å². The summed E-state index contributed by atoms with van der Waals surface area (Å²) < 4.78 is 7.99. The van der Waals surface area contributed by atoms with Gasteiger partial charge in [0.25, 0.3) is 0 Å². The van der Waals surface area contributed by atoms with E-state index in [-0.39, 0.29) is 24.3 Å². The normalized spacial score (nSPS) is 17.2. The first-order valence-electron chi connectivity index (χ1n) is 11.9. The lowest BCUT2D eigenvalue weighted by Crippen LogP contribution is -2.40. The molecule has 1 aromatic heterocycles. The maximum atomic E-state index is 12.8. The molecular formula is C24H34N6O3. The standard InChI is InChI=1S/C24H34N6O3/c1-18-6-5-7-20(16-18)33-17-21-26-27-24(29-13-8-19(9-14-29)23(25)32)30(21)15-10-22(31)28-11-3-2-4-12-28/h5-7,16,19H,2-4,8-15,17H2,1H3,(H2,25,32). The molecule has 0 bridgehead atoms. The fourth-order valence-electron chi connectivity index (χ4n) is 4.62. The number of anilines is 1. The highest BCUT2D eigenvalue weighted by molar-refractivity contribution is 5.77. The number of nitrogens with two attached hydrogens (primary N) is 1. The molecule has 0 unspecified atom stereocenters. The van der Waals surface area contributed by atoms with Crippen LogP contribution < -0.4 is 15.4 Å². The molecule has 2 fully saturated rings. The van der Waals surface area contributed by atoms with Crippen LogP contribution in [0.5, 0.6) is 5.75 Å². The van der Waals surface area contributed by atoms with Gasteiger partial charge >= 0.3 is 0 Å². The molecule has 0 atom stereocenters. The van der Waals surface area contributed by atoms with Gasteiger partial charge in [0.05, 0.1) is 0 Å². The SMILES string of the molecule is Cc1cccc(OCc2nnc(N3CCC(C(N)=O)CC3)n2CCC(=O)N2CCCCC2)c1. The molecule has 1 aromatic carbocycles. The Morgan fingerprint density at radius 2 is 1.85 bits per heavy atom. The van der Waals surface area contributed by atoms with Gasteiger partial charge in [-0.1, -0.05) is 12.1 Å². The summed E-state index contributed by atoms with van der Waals surface area (Å²) >= 11 is 0. The van der Waals surface area contributed by atoms with Gasteiger partial charge in [-0.25, -0.2) is 0 Å². The molecule has 0 radical (unpaired) electrons. The van der Waals surface area contributed by atoms with E-state index in [9.17, 15) is 9.59 Å². The third kappa shape index (κ3) is 5.83. The van der Waals surface area contributed by atoms with Crippen molar-refractivity contribution in [1.29, 1.82) is 0 Å². The number of aryl methyl sites for hydroxylation is 1. The highest BCUT2D eigenvalue weighted by Gasteiger charge is 2.27. The van der Waals surface area contributed by atoms with Crippen LogP contribution in [-0.2, 0) is 22.7 Å². The van der Waals surface area contributed by atoms with Gasteiger partial charge in [0, 0.05) is 45.1 Å². The molecule has 33 heavy (non-hydrogen) atoms. The number of amides is 2. The second-order valence-electron chi connectivity index (χ2n) is 9.03. The summed E-state index contributed by atoms with van der Waals surface area (Å²) in [5, 5.41) is 8.85. The molecule has 0 saturated carbocycles. The van der Waals surface area contributed by atoms with E-state index in [1.807, 2.05) is 40.7 Å². The van der Waals surface area contributed by atoms with E-state index in [0.717, 1.165) is 43.2 Å². The molecule has 0 spiro atoms. The number of aromatic nitrogens is 3. The number of primary amides is 1. The number of hydrogen-bond acceptors (Lipinski definition) is 6. The Labute approximate surface area is 194 Å². The molecular weight excluding hydrogens is 420 g/mol. The molecule has 0 aliphatic carbocycles. The molecule has 2 aromatic rings. The third-order valence-corrected chi connectivity index (χ3v) is 6.60. The zero-order valence-electron chi connectivity index (χ0n) is 19.4. The lowest BCUT2D eigenvalue weighted by Gasteiger charge is -2.31. The van der Waals surface area contributed by atoms with Gasteiger partial charge in [0.1, 0.15) is 12.4 Å². The van der Waals surface area contributed by atoms with E-state index in [4.69, 9.17) is 10.5 Å². The lowest BCUT2D eigenvalue weighted by molar-refractivity contribution is -0.132. The van der Waals surface area contributed by atoms with Crippen LogP contribution in [-0.4, -0.2) is 57.7 Å². The first-order valence-corrected chi connectivity index (χ1v) is 11.9. The van der Waals surface area contributed by atoms with Crippen molar-refractivity contribution >= 4 is 17.8 Å². The minimum absolute atomic E-state index is 0.0950. The van der Waals surface area contributed by atoms with Crippen molar-refractivity contribution in [2.45, 2.75) is 58.6 Å². The maximum Gasteiger partial charge on any atom is 0.227 e.